The normalized spacial score (nSPS) is 17.2. The molecule has 0 saturated heterocycles. The molecule has 0 radical (unpaired) electrons. The molecule has 5 aromatic rings. The Morgan fingerprint density at radius 2 is 2.00 bits per heavy atom. The predicted octanol–water partition coefficient (Wildman–Crippen LogP) is 4.21. The largest absolute Gasteiger partial charge is 0.431 e. The third kappa shape index (κ3) is 3.56. The number of nitrogens with one attached hydrogen (secondary N) is 2. The van der Waals surface area contributed by atoms with E-state index < -0.39 is 17.8 Å². The Kier molecular flexibility index (Phi) is 4.44. The smallest absolute Gasteiger partial charge is 0.417 e. The number of aromatic amines is 1. The van der Waals surface area contributed by atoms with E-state index in [9.17, 15) is 14.0 Å². The molecule has 170 valence electrons. The molecule has 10 nitrogen and oxygen atoms in total. The number of oxazole rings is 2. The van der Waals surface area contributed by atoms with Crippen molar-refractivity contribution in [3.8, 4) is 22.8 Å². The first-order valence-electron chi connectivity index (χ1n) is 10.4. The lowest BCUT2D eigenvalue weighted by atomic mass is 10.1. The Morgan fingerprint density at radius 1 is 1.18 bits per heavy atom. The van der Waals surface area contributed by atoms with Crippen molar-refractivity contribution in [3.05, 3.63) is 70.4 Å². The van der Waals surface area contributed by atoms with Gasteiger partial charge in [-0.15, -0.1) is 0 Å². The summed E-state index contributed by atoms with van der Waals surface area (Å²) in [4.78, 5) is 35.2. The first-order chi connectivity index (χ1) is 16.4. The van der Waals surface area contributed by atoms with E-state index in [0.717, 1.165) is 5.56 Å². The Hall–Kier alpha value is -4.54. The number of hydrogen-bond donors (Lipinski definition) is 2. The molecule has 0 spiro atoms. The molecule has 1 saturated carbocycles. The molecule has 2 aromatic carbocycles. The van der Waals surface area contributed by atoms with Crippen LogP contribution in [0.15, 0.2) is 60.7 Å². The molecule has 11 heteroatoms. The first-order valence-corrected chi connectivity index (χ1v) is 10.4. The fourth-order valence-corrected chi connectivity index (χ4v) is 3.60. The van der Waals surface area contributed by atoms with Crippen LogP contribution in [-0.2, 0) is 0 Å². The van der Waals surface area contributed by atoms with Crippen molar-refractivity contribution in [1.29, 1.82) is 0 Å². The number of amides is 1. The zero-order valence-electron chi connectivity index (χ0n) is 17.7. The summed E-state index contributed by atoms with van der Waals surface area (Å²) in [5, 5.41) is 6.73. The lowest BCUT2D eigenvalue weighted by Crippen LogP contribution is -2.12. The van der Waals surface area contributed by atoms with E-state index in [4.69, 9.17) is 13.4 Å². The van der Waals surface area contributed by atoms with Gasteiger partial charge in [-0.2, -0.15) is 4.98 Å². The highest BCUT2D eigenvalue weighted by atomic mass is 19.1. The quantitative estimate of drug-likeness (QED) is 0.397. The summed E-state index contributed by atoms with van der Waals surface area (Å²) in [5.74, 6) is -0.576. The van der Waals surface area contributed by atoms with Gasteiger partial charge in [0.15, 0.2) is 5.58 Å². The van der Waals surface area contributed by atoms with Crippen molar-refractivity contribution >= 4 is 22.7 Å². The summed E-state index contributed by atoms with van der Waals surface area (Å²) in [6, 6.07) is 10.2. The third-order valence-electron chi connectivity index (χ3n) is 5.61. The molecule has 0 bridgehead atoms. The fourth-order valence-electron chi connectivity index (χ4n) is 3.60. The minimum absolute atomic E-state index is 0.00477. The van der Waals surface area contributed by atoms with E-state index in [1.165, 1.54) is 6.20 Å². The van der Waals surface area contributed by atoms with Crippen LogP contribution in [-0.4, -0.2) is 32.2 Å². The summed E-state index contributed by atoms with van der Waals surface area (Å²) >= 11 is 0. The number of alkyl halides is 1. The predicted molar refractivity (Wildman–Crippen MR) is 117 cm³/mol. The van der Waals surface area contributed by atoms with Crippen LogP contribution < -0.4 is 11.1 Å². The number of aromatic nitrogens is 4. The van der Waals surface area contributed by atoms with Crippen LogP contribution in [0.1, 0.15) is 34.3 Å². The van der Waals surface area contributed by atoms with Gasteiger partial charge in [0.05, 0.1) is 17.6 Å². The maximum atomic E-state index is 13.3. The van der Waals surface area contributed by atoms with Crippen molar-refractivity contribution in [2.24, 2.45) is 0 Å². The molecule has 1 amide bonds. The van der Waals surface area contributed by atoms with E-state index in [-0.39, 0.29) is 23.5 Å². The molecule has 2 N–H and O–H groups in total. The number of hydrogen-bond acceptors (Lipinski definition) is 8. The van der Waals surface area contributed by atoms with E-state index in [1.807, 2.05) is 13.0 Å². The average Bonchev–Trinajstić information content (AvgIpc) is 3.26. The monoisotopic (exact) mass is 461 g/mol. The van der Waals surface area contributed by atoms with Gasteiger partial charge in [-0.1, -0.05) is 17.3 Å². The van der Waals surface area contributed by atoms with Crippen molar-refractivity contribution in [3.63, 3.8) is 0 Å². The van der Waals surface area contributed by atoms with Crippen molar-refractivity contribution in [2.75, 3.05) is 5.32 Å². The summed E-state index contributed by atoms with van der Waals surface area (Å²) in [6.45, 7) is 1.84. The molecule has 1 fully saturated rings. The highest BCUT2D eigenvalue weighted by Crippen LogP contribution is 2.43. The number of carbonyl (C=O) groups excluding carboxylic acids is 1. The van der Waals surface area contributed by atoms with Gasteiger partial charge >= 0.3 is 5.76 Å². The highest BCUT2D eigenvalue weighted by Gasteiger charge is 2.43. The van der Waals surface area contributed by atoms with Crippen LogP contribution in [0.3, 0.4) is 0 Å². The second kappa shape index (κ2) is 7.51. The van der Waals surface area contributed by atoms with Gasteiger partial charge < -0.3 is 18.7 Å². The summed E-state index contributed by atoms with van der Waals surface area (Å²) in [6.07, 6.45) is 0.779. The maximum Gasteiger partial charge on any atom is 0.417 e. The van der Waals surface area contributed by atoms with Crippen molar-refractivity contribution in [1.82, 2.24) is 20.1 Å². The zero-order chi connectivity index (χ0) is 23.4. The number of benzene rings is 2. The van der Waals surface area contributed by atoms with Crippen LogP contribution in [0.4, 0.5) is 10.1 Å². The third-order valence-corrected chi connectivity index (χ3v) is 5.61. The van der Waals surface area contributed by atoms with Gasteiger partial charge in [0.2, 0.25) is 23.4 Å². The SMILES string of the molecule is Cc1ccc(-c2noc([C@H]3C[C@@H]3F)n2)cc1NC(=O)c1cnc(-c2ccc3oc(=O)[nH]c3c2)o1. The number of aryl methyl sites for hydroxylation is 1. The number of H-pyrrole nitrogens is 1. The van der Waals surface area contributed by atoms with Gasteiger partial charge in [0.1, 0.15) is 6.17 Å². The first kappa shape index (κ1) is 20.1. The minimum Gasteiger partial charge on any atom is -0.431 e. The molecule has 0 unspecified atom stereocenters. The van der Waals surface area contributed by atoms with Crippen LogP contribution in [0.25, 0.3) is 33.9 Å². The summed E-state index contributed by atoms with van der Waals surface area (Å²) in [5.41, 5.74) is 3.42. The lowest BCUT2D eigenvalue weighted by molar-refractivity contribution is 0.0997. The van der Waals surface area contributed by atoms with Gasteiger partial charge in [-0.25, -0.2) is 14.2 Å². The molecule has 0 aliphatic heterocycles. The number of anilines is 1. The second-order valence-electron chi connectivity index (χ2n) is 8.05. The number of nitrogens with zero attached hydrogens (tertiary/aromatic N) is 3. The van der Waals surface area contributed by atoms with E-state index >= 15 is 0 Å². The Morgan fingerprint density at radius 3 is 2.82 bits per heavy atom. The van der Waals surface area contributed by atoms with Crippen LogP contribution >= 0.6 is 0 Å². The number of rotatable bonds is 5. The molecular formula is C23H16FN5O5. The fraction of sp³-hybridized carbons (Fsp3) is 0.174. The topological polar surface area (TPSA) is 140 Å². The van der Waals surface area contributed by atoms with Gasteiger partial charge in [0, 0.05) is 16.8 Å². The minimum atomic E-state index is -0.933. The standard InChI is InChI=1S/C23H16FN5O5/c1-10-2-3-11(19-28-22(34-29-19)13-8-14(13)24)6-15(10)26-20(30)18-9-25-21(32-18)12-4-5-17-16(7-12)27-23(31)33-17/h2-7,9,13-14H,8H2,1H3,(H,26,30)(H,27,31)/t13-,14-/m0/s1. The van der Waals surface area contributed by atoms with Gasteiger partial charge in [-0.05, 0) is 43.2 Å². The molecule has 1 aliphatic rings. The summed E-state index contributed by atoms with van der Waals surface area (Å²) in [7, 11) is 0. The van der Waals surface area contributed by atoms with Crippen molar-refractivity contribution in [2.45, 2.75) is 25.4 Å². The number of halogens is 1. The molecular weight excluding hydrogens is 445 g/mol. The Balaban J connectivity index is 1.23. The highest BCUT2D eigenvalue weighted by molar-refractivity contribution is 6.03. The molecule has 6 rings (SSSR count). The second-order valence-corrected chi connectivity index (χ2v) is 8.05. The van der Waals surface area contributed by atoms with Crippen LogP contribution in [0.5, 0.6) is 0 Å². The van der Waals surface area contributed by atoms with E-state index in [1.54, 1.807) is 30.3 Å². The Labute approximate surface area is 189 Å². The van der Waals surface area contributed by atoms with Crippen LogP contribution in [0.2, 0.25) is 0 Å². The van der Waals surface area contributed by atoms with E-state index in [2.05, 4.69) is 25.4 Å². The maximum absolute atomic E-state index is 13.3. The summed E-state index contributed by atoms with van der Waals surface area (Å²) < 4.78 is 29.1. The molecule has 2 atom stereocenters. The zero-order valence-corrected chi connectivity index (χ0v) is 17.7. The number of carbonyl (C=O) groups is 1. The van der Waals surface area contributed by atoms with Crippen molar-refractivity contribution < 1.29 is 22.5 Å². The average molecular weight is 461 g/mol. The number of fused-ring (bicyclic) bond motifs is 1. The lowest BCUT2D eigenvalue weighted by Gasteiger charge is -2.08. The Bertz CT molecular complexity index is 1610. The molecule has 34 heavy (non-hydrogen) atoms. The molecule has 1 aliphatic carbocycles. The van der Waals surface area contributed by atoms with E-state index in [0.29, 0.717) is 40.2 Å². The van der Waals surface area contributed by atoms with Crippen LogP contribution in [0, 0.1) is 6.92 Å². The molecule has 3 aromatic heterocycles. The van der Waals surface area contributed by atoms with Gasteiger partial charge in [-0.3, -0.25) is 9.78 Å². The molecule has 3 heterocycles. The van der Waals surface area contributed by atoms with Gasteiger partial charge in [0.25, 0.3) is 5.91 Å².